The Morgan fingerprint density at radius 2 is 1.96 bits per heavy atom. The third-order valence-electron chi connectivity index (χ3n) is 4.08. The van der Waals surface area contributed by atoms with Crippen LogP contribution in [0.5, 0.6) is 0 Å². The van der Waals surface area contributed by atoms with Gasteiger partial charge in [-0.25, -0.2) is 9.67 Å². The van der Waals surface area contributed by atoms with Crippen LogP contribution in [-0.2, 0) is 11.3 Å². The quantitative estimate of drug-likeness (QED) is 0.482. The third kappa shape index (κ3) is 6.40. The molecule has 152 valence electrons. The van der Waals surface area contributed by atoms with Crippen LogP contribution in [-0.4, -0.2) is 40.8 Å². The van der Waals surface area contributed by atoms with Crippen molar-refractivity contribution in [2.24, 2.45) is 4.99 Å². The number of benzene rings is 1. The summed E-state index contributed by atoms with van der Waals surface area (Å²) in [6, 6.07) is 10.4. The van der Waals surface area contributed by atoms with Crippen LogP contribution in [0.1, 0.15) is 44.1 Å². The normalized spacial score (nSPS) is 11.6. The maximum Gasteiger partial charge on any atom is 0.221 e. The number of guanidine groups is 1. The van der Waals surface area contributed by atoms with Gasteiger partial charge in [-0.3, -0.25) is 4.79 Å². The zero-order chi connectivity index (χ0) is 20.5. The Kier molecular flexibility index (Phi) is 8.04. The van der Waals surface area contributed by atoms with Crippen LogP contribution in [0.4, 0.5) is 0 Å². The number of aromatic nitrogens is 2. The summed E-state index contributed by atoms with van der Waals surface area (Å²) < 4.78 is 1.96. The summed E-state index contributed by atoms with van der Waals surface area (Å²) >= 11 is 0. The van der Waals surface area contributed by atoms with Gasteiger partial charge in [0.05, 0.1) is 17.9 Å². The molecule has 0 saturated heterocycles. The smallest absolute Gasteiger partial charge is 0.221 e. The van der Waals surface area contributed by atoms with Crippen molar-refractivity contribution < 1.29 is 4.79 Å². The maximum absolute atomic E-state index is 11.8. The van der Waals surface area contributed by atoms with Gasteiger partial charge in [0.15, 0.2) is 5.96 Å². The summed E-state index contributed by atoms with van der Waals surface area (Å²) in [6.07, 6.45) is 0.408. The average molecular weight is 385 g/mol. The molecule has 1 aromatic carbocycles. The number of amides is 1. The highest BCUT2D eigenvalue weighted by Crippen LogP contribution is 2.17. The Morgan fingerprint density at radius 1 is 1.21 bits per heavy atom. The number of aryl methyl sites for hydroxylation is 2. The van der Waals surface area contributed by atoms with Crippen molar-refractivity contribution >= 4 is 11.9 Å². The molecule has 3 N–H and O–H groups in total. The number of nitrogens with one attached hydrogen (secondary N) is 3. The summed E-state index contributed by atoms with van der Waals surface area (Å²) in [7, 11) is 0. The lowest BCUT2D eigenvalue weighted by atomic mass is 10.2. The highest BCUT2D eigenvalue weighted by molar-refractivity contribution is 5.81. The number of hydrogen-bond donors (Lipinski definition) is 3. The van der Waals surface area contributed by atoms with Crippen LogP contribution in [0, 0.1) is 13.8 Å². The molecule has 1 heterocycles. The van der Waals surface area contributed by atoms with Gasteiger partial charge in [-0.1, -0.05) is 18.2 Å². The molecule has 0 aliphatic carbocycles. The molecule has 1 aromatic heterocycles. The van der Waals surface area contributed by atoms with Crippen LogP contribution in [0.3, 0.4) is 0 Å². The van der Waals surface area contributed by atoms with Gasteiger partial charge in [0, 0.05) is 31.2 Å². The van der Waals surface area contributed by atoms with Gasteiger partial charge in [-0.2, -0.15) is 5.10 Å². The number of rotatable bonds is 8. The lowest BCUT2D eigenvalue weighted by Gasteiger charge is -2.13. The van der Waals surface area contributed by atoms with E-state index in [-0.39, 0.29) is 11.9 Å². The monoisotopic (exact) mass is 384 g/mol. The molecule has 0 unspecified atom stereocenters. The molecular formula is C21H32N6O. The Balaban J connectivity index is 2.07. The fraction of sp³-hybridized carbons (Fsp3) is 0.476. The van der Waals surface area contributed by atoms with E-state index in [9.17, 15) is 4.79 Å². The fourth-order valence-electron chi connectivity index (χ4n) is 2.92. The third-order valence-corrected chi connectivity index (χ3v) is 4.08. The Morgan fingerprint density at radius 3 is 2.61 bits per heavy atom. The first-order valence-corrected chi connectivity index (χ1v) is 9.83. The summed E-state index contributed by atoms with van der Waals surface area (Å²) in [5.41, 5.74) is 4.20. The van der Waals surface area contributed by atoms with Crippen LogP contribution in [0.2, 0.25) is 0 Å². The van der Waals surface area contributed by atoms with E-state index in [4.69, 9.17) is 0 Å². The van der Waals surface area contributed by atoms with Crippen molar-refractivity contribution in [3.8, 4) is 5.69 Å². The van der Waals surface area contributed by atoms with Gasteiger partial charge in [0.2, 0.25) is 5.91 Å². The molecule has 2 rings (SSSR count). The summed E-state index contributed by atoms with van der Waals surface area (Å²) in [6.45, 7) is 11.8. The standard InChI is InChI=1S/C21H32N6O/c1-6-22-21(23-12-11-20(28)25-15(2)3)24-14-18-9-7-8-10-19(18)27-17(5)13-16(4)26-27/h7-10,13,15H,6,11-12,14H2,1-5H3,(H,25,28)(H2,22,23,24). The summed E-state index contributed by atoms with van der Waals surface area (Å²) in [5.74, 6) is 0.733. The maximum atomic E-state index is 11.8. The number of hydrogen-bond acceptors (Lipinski definition) is 3. The highest BCUT2D eigenvalue weighted by atomic mass is 16.1. The van der Waals surface area contributed by atoms with Gasteiger partial charge in [0.1, 0.15) is 0 Å². The Hall–Kier alpha value is -2.83. The van der Waals surface area contributed by atoms with E-state index in [0.29, 0.717) is 25.5 Å². The van der Waals surface area contributed by atoms with E-state index in [1.165, 1.54) is 0 Å². The first-order valence-electron chi connectivity index (χ1n) is 9.83. The van der Waals surface area contributed by atoms with Gasteiger partial charge in [-0.15, -0.1) is 0 Å². The van der Waals surface area contributed by atoms with Crippen LogP contribution < -0.4 is 16.0 Å². The molecule has 0 spiro atoms. The summed E-state index contributed by atoms with van der Waals surface area (Å²) in [4.78, 5) is 16.5. The van der Waals surface area contributed by atoms with Crippen molar-refractivity contribution in [2.75, 3.05) is 13.1 Å². The van der Waals surface area contributed by atoms with Crippen LogP contribution in [0.15, 0.2) is 35.3 Å². The lowest BCUT2D eigenvalue weighted by Crippen LogP contribution is -2.40. The molecule has 2 aromatic rings. The topological polar surface area (TPSA) is 83.3 Å². The second kappa shape index (κ2) is 10.5. The minimum absolute atomic E-state index is 0.0354. The van der Waals surface area contributed by atoms with E-state index in [1.54, 1.807) is 0 Å². The number of carbonyl (C=O) groups excluding carboxylic acids is 1. The lowest BCUT2D eigenvalue weighted by molar-refractivity contribution is -0.121. The van der Waals surface area contributed by atoms with Gasteiger partial charge >= 0.3 is 0 Å². The van der Waals surface area contributed by atoms with E-state index in [1.807, 2.05) is 51.4 Å². The average Bonchev–Trinajstić information content (AvgIpc) is 2.97. The van der Waals surface area contributed by atoms with Crippen LogP contribution in [0.25, 0.3) is 5.69 Å². The van der Waals surface area contributed by atoms with Crippen molar-refractivity contribution in [2.45, 2.75) is 53.6 Å². The van der Waals surface area contributed by atoms with E-state index >= 15 is 0 Å². The predicted octanol–water partition coefficient (Wildman–Crippen LogP) is 2.46. The zero-order valence-electron chi connectivity index (χ0n) is 17.5. The molecule has 0 fully saturated rings. The largest absolute Gasteiger partial charge is 0.357 e. The first-order chi connectivity index (χ1) is 13.4. The number of nitrogens with zero attached hydrogens (tertiary/aromatic N) is 3. The molecule has 0 radical (unpaired) electrons. The minimum atomic E-state index is 0.0354. The van der Waals surface area contributed by atoms with Crippen molar-refractivity contribution in [3.05, 3.63) is 47.3 Å². The molecule has 0 atom stereocenters. The molecule has 28 heavy (non-hydrogen) atoms. The predicted molar refractivity (Wildman–Crippen MR) is 114 cm³/mol. The van der Waals surface area contributed by atoms with Gasteiger partial charge in [-0.05, 0) is 52.3 Å². The van der Waals surface area contributed by atoms with Crippen molar-refractivity contribution in [1.82, 2.24) is 25.7 Å². The Labute approximate surface area is 167 Å². The molecule has 0 aliphatic rings. The van der Waals surface area contributed by atoms with Gasteiger partial charge < -0.3 is 16.0 Å². The molecule has 0 saturated carbocycles. The van der Waals surface area contributed by atoms with Gasteiger partial charge in [0.25, 0.3) is 0 Å². The second-order valence-corrected chi connectivity index (χ2v) is 7.06. The second-order valence-electron chi connectivity index (χ2n) is 7.06. The minimum Gasteiger partial charge on any atom is -0.357 e. The van der Waals surface area contributed by atoms with Crippen molar-refractivity contribution in [1.29, 1.82) is 0 Å². The van der Waals surface area contributed by atoms with E-state index < -0.39 is 0 Å². The molecule has 0 aliphatic heterocycles. The zero-order valence-corrected chi connectivity index (χ0v) is 17.5. The molecule has 7 nitrogen and oxygen atoms in total. The fourth-order valence-corrected chi connectivity index (χ4v) is 2.92. The highest BCUT2D eigenvalue weighted by Gasteiger charge is 2.09. The van der Waals surface area contributed by atoms with Crippen molar-refractivity contribution in [3.63, 3.8) is 0 Å². The SMILES string of the molecule is CCNC(=NCc1ccccc1-n1nc(C)cc1C)NCCC(=O)NC(C)C. The Bertz CT molecular complexity index is 809. The molecule has 1 amide bonds. The van der Waals surface area contributed by atoms with E-state index in [2.05, 4.69) is 44.2 Å². The number of carbonyl (C=O) groups is 1. The first kappa shape index (κ1) is 21.5. The van der Waals surface area contributed by atoms with E-state index in [0.717, 1.165) is 29.2 Å². The summed E-state index contributed by atoms with van der Waals surface area (Å²) in [5, 5.41) is 13.9. The number of para-hydroxylation sites is 1. The molecule has 0 bridgehead atoms. The van der Waals surface area contributed by atoms with Crippen LogP contribution >= 0.6 is 0 Å². The molecule has 7 heteroatoms. The molecular weight excluding hydrogens is 352 g/mol. The number of aliphatic imine (C=N–C) groups is 1.